The zero-order valence-electron chi connectivity index (χ0n) is 18.9. The van der Waals surface area contributed by atoms with E-state index in [0.29, 0.717) is 29.5 Å². The van der Waals surface area contributed by atoms with Crippen molar-refractivity contribution in [2.24, 2.45) is 11.8 Å². The molecule has 1 saturated carbocycles. The molecule has 5 rings (SSSR count). The van der Waals surface area contributed by atoms with Gasteiger partial charge in [-0.1, -0.05) is 24.4 Å². The van der Waals surface area contributed by atoms with E-state index in [1.54, 1.807) is 12.4 Å². The summed E-state index contributed by atoms with van der Waals surface area (Å²) < 4.78 is 11.8. The topological polar surface area (TPSA) is 81.4 Å². The zero-order chi connectivity index (χ0) is 21.8. The highest BCUT2D eigenvalue weighted by Crippen LogP contribution is 2.39. The SMILES string of the molecule is O=C(CC1CCCCC1)N1CCC2(CC1)CC(Cc1nc(-c3cccnc3)no1)CCO2. The van der Waals surface area contributed by atoms with Crippen LogP contribution in [0.15, 0.2) is 29.0 Å². The first-order valence-electron chi connectivity index (χ1n) is 12.3. The number of rotatable bonds is 5. The average Bonchev–Trinajstić information content (AvgIpc) is 3.29. The molecule has 0 aromatic carbocycles. The van der Waals surface area contributed by atoms with Gasteiger partial charge in [-0.3, -0.25) is 9.78 Å². The molecule has 2 aliphatic heterocycles. The lowest BCUT2D eigenvalue weighted by Gasteiger charge is -2.46. The van der Waals surface area contributed by atoms with Gasteiger partial charge in [-0.25, -0.2) is 0 Å². The van der Waals surface area contributed by atoms with Crippen LogP contribution in [0.2, 0.25) is 0 Å². The van der Waals surface area contributed by atoms with E-state index >= 15 is 0 Å². The maximum Gasteiger partial charge on any atom is 0.227 e. The molecule has 1 spiro atoms. The minimum absolute atomic E-state index is 0.100. The molecular weight excluding hydrogens is 404 g/mol. The number of amides is 1. The number of nitrogens with zero attached hydrogens (tertiary/aromatic N) is 4. The van der Waals surface area contributed by atoms with Gasteiger partial charge in [0.1, 0.15) is 0 Å². The van der Waals surface area contributed by atoms with E-state index in [4.69, 9.17) is 9.26 Å². The van der Waals surface area contributed by atoms with Crippen molar-refractivity contribution in [2.75, 3.05) is 19.7 Å². The van der Waals surface area contributed by atoms with Gasteiger partial charge in [0.25, 0.3) is 0 Å². The van der Waals surface area contributed by atoms with Crippen molar-refractivity contribution in [2.45, 2.75) is 76.2 Å². The summed E-state index contributed by atoms with van der Waals surface area (Å²) >= 11 is 0. The van der Waals surface area contributed by atoms with Gasteiger partial charge in [0.05, 0.1) is 5.60 Å². The molecule has 7 nitrogen and oxygen atoms in total. The van der Waals surface area contributed by atoms with Crippen LogP contribution in [0.4, 0.5) is 0 Å². The molecule has 3 aliphatic rings. The van der Waals surface area contributed by atoms with Crippen LogP contribution in [0.25, 0.3) is 11.4 Å². The van der Waals surface area contributed by atoms with Crippen molar-refractivity contribution in [1.29, 1.82) is 0 Å². The molecule has 1 unspecified atom stereocenters. The Morgan fingerprint density at radius 1 is 1.12 bits per heavy atom. The van der Waals surface area contributed by atoms with E-state index in [0.717, 1.165) is 63.8 Å². The number of carbonyl (C=O) groups is 1. The van der Waals surface area contributed by atoms with Crippen molar-refractivity contribution in [3.8, 4) is 11.4 Å². The Hall–Kier alpha value is -2.28. The van der Waals surface area contributed by atoms with Crippen molar-refractivity contribution in [3.05, 3.63) is 30.4 Å². The molecule has 32 heavy (non-hydrogen) atoms. The quantitative estimate of drug-likeness (QED) is 0.687. The van der Waals surface area contributed by atoms with Crippen LogP contribution in [-0.4, -0.2) is 51.2 Å². The monoisotopic (exact) mass is 438 g/mol. The summed E-state index contributed by atoms with van der Waals surface area (Å²) in [6.45, 7) is 2.41. The number of pyridine rings is 1. The van der Waals surface area contributed by atoms with Gasteiger partial charge in [0.2, 0.25) is 17.6 Å². The third kappa shape index (κ3) is 5.03. The summed E-state index contributed by atoms with van der Waals surface area (Å²) in [5.74, 6) is 2.71. The van der Waals surface area contributed by atoms with E-state index < -0.39 is 0 Å². The summed E-state index contributed by atoms with van der Waals surface area (Å²) in [6.07, 6.45) is 15.3. The first-order chi connectivity index (χ1) is 15.7. The van der Waals surface area contributed by atoms with E-state index in [9.17, 15) is 4.79 Å². The van der Waals surface area contributed by atoms with Crippen molar-refractivity contribution in [3.63, 3.8) is 0 Å². The Kier molecular flexibility index (Phi) is 6.53. The van der Waals surface area contributed by atoms with Crippen molar-refractivity contribution < 1.29 is 14.1 Å². The van der Waals surface area contributed by atoms with Crippen LogP contribution in [0.5, 0.6) is 0 Å². The number of ether oxygens (including phenoxy) is 1. The van der Waals surface area contributed by atoms with Gasteiger partial charge in [0.15, 0.2) is 0 Å². The fourth-order valence-electron chi connectivity index (χ4n) is 5.78. The van der Waals surface area contributed by atoms with Gasteiger partial charge < -0.3 is 14.2 Å². The second-order valence-electron chi connectivity index (χ2n) is 9.94. The maximum atomic E-state index is 12.8. The highest BCUT2D eigenvalue weighted by atomic mass is 16.5. The molecule has 2 aromatic heterocycles. The molecule has 0 N–H and O–H groups in total. The van der Waals surface area contributed by atoms with Gasteiger partial charge in [-0.15, -0.1) is 0 Å². The Bertz CT molecular complexity index is 886. The van der Waals surface area contributed by atoms with E-state index in [2.05, 4.69) is 20.0 Å². The largest absolute Gasteiger partial charge is 0.375 e. The number of aromatic nitrogens is 3. The minimum Gasteiger partial charge on any atom is -0.375 e. The Morgan fingerprint density at radius 3 is 2.75 bits per heavy atom. The number of hydrogen-bond donors (Lipinski definition) is 0. The second kappa shape index (κ2) is 9.69. The predicted octanol–water partition coefficient (Wildman–Crippen LogP) is 4.43. The Labute approximate surface area is 189 Å². The van der Waals surface area contributed by atoms with Crippen LogP contribution in [0, 0.1) is 11.8 Å². The van der Waals surface area contributed by atoms with Crippen LogP contribution in [0.1, 0.15) is 70.1 Å². The van der Waals surface area contributed by atoms with E-state index in [1.165, 1.54) is 32.1 Å². The standard InChI is InChI=1S/C25H34N4O3/c30-23(16-19-5-2-1-3-6-19)29-12-9-25(10-13-29)17-20(8-14-31-25)15-22-27-24(28-32-22)21-7-4-11-26-18-21/h4,7,11,18-20H,1-3,5-6,8-10,12-17H2. The predicted molar refractivity (Wildman–Crippen MR) is 120 cm³/mol. The smallest absolute Gasteiger partial charge is 0.227 e. The van der Waals surface area contributed by atoms with E-state index in [-0.39, 0.29) is 5.60 Å². The lowest BCUT2D eigenvalue weighted by atomic mass is 9.78. The first kappa shape index (κ1) is 21.6. The fourth-order valence-corrected chi connectivity index (χ4v) is 5.78. The Balaban J connectivity index is 1.13. The van der Waals surface area contributed by atoms with Crippen LogP contribution >= 0.6 is 0 Å². The van der Waals surface area contributed by atoms with Crippen LogP contribution in [-0.2, 0) is 16.0 Å². The van der Waals surface area contributed by atoms with Gasteiger partial charge in [-0.2, -0.15) is 4.98 Å². The number of carbonyl (C=O) groups excluding carboxylic acids is 1. The average molecular weight is 439 g/mol. The number of likely N-dealkylation sites (tertiary alicyclic amines) is 1. The molecule has 0 radical (unpaired) electrons. The maximum absolute atomic E-state index is 12.8. The third-order valence-corrected chi connectivity index (χ3v) is 7.66. The van der Waals surface area contributed by atoms with Crippen molar-refractivity contribution in [1.82, 2.24) is 20.0 Å². The van der Waals surface area contributed by atoms with Crippen molar-refractivity contribution >= 4 is 5.91 Å². The van der Waals surface area contributed by atoms with Gasteiger partial charge >= 0.3 is 0 Å². The normalized spacial score (nSPS) is 24.0. The molecule has 1 atom stereocenters. The van der Waals surface area contributed by atoms with E-state index in [1.807, 2.05) is 12.1 Å². The molecule has 4 heterocycles. The lowest BCUT2D eigenvalue weighted by molar-refractivity contribution is -0.148. The summed E-state index contributed by atoms with van der Waals surface area (Å²) in [5, 5.41) is 4.13. The summed E-state index contributed by atoms with van der Waals surface area (Å²) in [6, 6.07) is 3.81. The molecule has 2 aromatic rings. The Morgan fingerprint density at radius 2 is 1.97 bits per heavy atom. The summed E-state index contributed by atoms with van der Waals surface area (Å²) in [7, 11) is 0. The molecule has 7 heteroatoms. The van der Waals surface area contributed by atoms with Gasteiger partial charge in [-0.05, 0) is 62.5 Å². The van der Waals surface area contributed by atoms with Gasteiger partial charge in [0, 0.05) is 50.5 Å². The number of hydrogen-bond acceptors (Lipinski definition) is 6. The third-order valence-electron chi connectivity index (χ3n) is 7.66. The minimum atomic E-state index is -0.100. The molecule has 0 bridgehead atoms. The molecule has 2 saturated heterocycles. The lowest BCUT2D eigenvalue weighted by Crippen LogP contribution is -2.51. The van der Waals surface area contributed by atoms with Crippen LogP contribution in [0.3, 0.4) is 0 Å². The molecule has 1 amide bonds. The fraction of sp³-hybridized carbons (Fsp3) is 0.680. The molecule has 3 fully saturated rings. The number of piperidine rings is 1. The highest BCUT2D eigenvalue weighted by Gasteiger charge is 2.41. The zero-order valence-corrected chi connectivity index (χ0v) is 18.9. The summed E-state index contributed by atoms with van der Waals surface area (Å²) in [4.78, 5) is 23.6. The summed E-state index contributed by atoms with van der Waals surface area (Å²) in [5.41, 5.74) is 0.771. The second-order valence-corrected chi connectivity index (χ2v) is 9.94. The molecule has 172 valence electrons. The molecule has 1 aliphatic carbocycles. The first-order valence-corrected chi connectivity index (χ1v) is 12.3. The highest BCUT2D eigenvalue weighted by molar-refractivity contribution is 5.76. The molecular formula is C25H34N4O3. The van der Waals surface area contributed by atoms with Crippen LogP contribution < -0.4 is 0 Å².